The molecule has 0 radical (unpaired) electrons. The van der Waals surface area contributed by atoms with Gasteiger partial charge in [-0.15, -0.1) is 0 Å². The summed E-state index contributed by atoms with van der Waals surface area (Å²) < 4.78 is 20.0. The van der Waals surface area contributed by atoms with Gasteiger partial charge in [0.1, 0.15) is 24.2 Å². The Morgan fingerprint density at radius 1 is 0.982 bits per heavy atom. The van der Waals surface area contributed by atoms with E-state index in [-0.39, 0.29) is 17.7 Å². The second-order valence-corrected chi connectivity index (χ2v) is 18.9. The van der Waals surface area contributed by atoms with Gasteiger partial charge in [-0.1, -0.05) is 24.3 Å². The molecule has 3 aromatic carbocycles. The summed E-state index contributed by atoms with van der Waals surface area (Å²) in [7, 11) is 1.11. The van der Waals surface area contributed by atoms with Crippen LogP contribution in [0.4, 0.5) is 28.8 Å². The Morgan fingerprint density at radius 3 is 2.45 bits per heavy atom. The highest BCUT2D eigenvalue weighted by molar-refractivity contribution is 9.10. The van der Waals surface area contributed by atoms with Crippen LogP contribution >= 0.6 is 23.1 Å². The number of likely N-dealkylation sites (N-methyl/N-ethyl adjacent to an activating group) is 1. The lowest BCUT2D eigenvalue weighted by atomic mass is 9.90. The Labute approximate surface area is 335 Å². The van der Waals surface area contributed by atoms with E-state index in [1.54, 1.807) is 39.0 Å². The monoisotopic (exact) mass is 839 g/mol. The highest BCUT2D eigenvalue weighted by Gasteiger charge is 2.28. The average molecular weight is 841 g/mol. The van der Waals surface area contributed by atoms with Crippen LogP contribution in [-0.2, 0) is 20.6 Å². The van der Waals surface area contributed by atoms with Gasteiger partial charge in [-0.25, -0.2) is 4.98 Å². The van der Waals surface area contributed by atoms with Gasteiger partial charge in [-0.3, -0.25) is 24.9 Å². The average Bonchev–Trinajstić information content (AvgIpc) is 3.18. The minimum atomic E-state index is -2.76. The number of hydrogen-bond acceptors (Lipinski definition) is 12. The molecule has 5 aromatic rings. The number of aromatic nitrogens is 4. The van der Waals surface area contributed by atoms with Crippen molar-refractivity contribution in [1.82, 2.24) is 30.2 Å². The van der Waals surface area contributed by atoms with Crippen molar-refractivity contribution in [3.05, 3.63) is 88.3 Å². The van der Waals surface area contributed by atoms with Crippen molar-refractivity contribution in [2.75, 3.05) is 62.7 Å². The smallest absolute Gasteiger partial charge is 0.234 e. The van der Waals surface area contributed by atoms with Crippen molar-refractivity contribution in [2.45, 2.75) is 51.0 Å². The Morgan fingerprint density at radius 2 is 1.73 bits per heavy atom. The van der Waals surface area contributed by atoms with E-state index in [1.165, 1.54) is 5.56 Å². The first-order valence-electron chi connectivity index (χ1n) is 18.8. The number of halogens is 1. The predicted octanol–water partition coefficient (Wildman–Crippen LogP) is 6.90. The number of amides is 2. The molecule has 2 saturated heterocycles. The van der Waals surface area contributed by atoms with Gasteiger partial charge in [0.15, 0.2) is 0 Å². The first-order chi connectivity index (χ1) is 26.9. The summed E-state index contributed by atoms with van der Waals surface area (Å²) in [5, 5.41) is 9.78. The maximum Gasteiger partial charge on any atom is 0.234 e. The Bertz CT molecular complexity index is 2310. The summed E-state index contributed by atoms with van der Waals surface area (Å²) in [5.74, 6) is 0.915. The SMILES string of the molecule is COc1cc(N2CCC(N(C)CCc3ccc(C4CCC(=O)NC4=O)cc3)CC2)c(C)cc1Nc1ncc(Br)c(Nc2ccc3nccnc3c2P(C)(C)=O)n1. The minimum Gasteiger partial charge on any atom is -0.494 e. The number of benzene rings is 3. The quantitative estimate of drug-likeness (QED) is 0.0885. The van der Waals surface area contributed by atoms with Gasteiger partial charge < -0.3 is 29.7 Å². The lowest BCUT2D eigenvalue weighted by Crippen LogP contribution is -2.44. The minimum absolute atomic E-state index is 0.188. The summed E-state index contributed by atoms with van der Waals surface area (Å²) >= 11 is 3.58. The van der Waals surface area contributed by atoms with Gasteiger partial charge in [-0.2, -0.15) is 4.98 Å². The molecule has 2 aliphatic rings. The highest BCUT2D eigenvalue weighted by atomic mass is 79.9. The van der Waals surface area contributed by atoms with Gasteiger partial charge in [0, 0.05) is 62.4 Å². The molecule has 0 aliphatic carbocycles. The fourth-order valence-electron chi connectivity index (χ4n) is 7.68. The molecular weight excluding hydrogens is 793 g/mol. The lowest BCUT2D eigenvalue weighted by Gasteiger charge is -2.38. The van der Waals surface area contributed by atoms with Crippen LogP contribution < -0.4 is 30.9 Å². The van der Waals surface area contributed by atoms with Crippen molar-refractivity contribution in [3.63, 3.8) is 0 Å². The predicted molar refractivity (Wildman–Crippen MR) is 226 cm³/mol. The molecule has 1 atom stereocenters. The fourth-order valence-corrected chi connectivity index (χ4v) is 9.36. The molecule has 1 unspecified atom stereocenters. The Hall–Kier alpha value is -4.91. The number of aryl methyl sites for hydroxylation is 1. The van der Waals surface area contributed by atoms with E-state index in [4.69, 9.17) is 9.72 Å². The topological polar surface area (TPSA) is 155 Å². The van der Waals surface area contributed by atoms with Crippen LogP contribution in [0.5, 0.6) is 5.75 Å². The second kappa shape index (κ2) is 16.7. The number of nitrogens with one attached hydrogen (secondary N) is 3. The molecule has 2 amide bonds. The van der Waals surface area contributed by atoms with Gasteiger partial charge in [0.05, 0.1) is 39.7 Å². The van der Waals surface area contributed by atoms with E-state index in [9.17, 15) is 14.2 Å². The van der Waals surface area contributed by atoms with Crippen molar-refractivity contribution in [2.24, 2.45) is 0 Å². The molecule has 15 heteroatoms. The van der Waals surface area contributed by atoms with E-state index in [1.807, 2.05) is 24.3 Å². The number of piperidine rings is 2. The van der Waals surface area contributed by atoms with E-state index >= 15 is 0 Å². The number of methoxy groups -OCH3 is 1. The summed E-state index contributed by atoms with van der Waals surface area (Å²) in [6.07, 6.45) is 8.87. The number of imide groups is 1. The highest BCUT2D eigenvalue weighted by Crippen LogP contribution is 2.42. The third kappa shape index (κ3) is 8.72. The van der Waals surface area contributed by atoms with Gasteiger partial charge in [0.2, 0.25) is 17.8 Å². The summed E-state index contributed by atoms with van der Waals surface area (Å²) in [6, 6.07) is 16.6. The van der Waals surface area contributed by atoms with E-state index in [2.05, 4.69) is 94.9 Å². The van der Waals surface area contributed by atoms with Crippen LogP contribution in [-0.4, -0.2) is 89.8 Å². The standard InChI is InChI=1S/C41H47BrN9O4P/c1-25-22-33(47-41-45-24-30(42)39(49-41)46-32-12-11-31-37(44-18-17-43-31)38(32)56(4,5)54)35(55-3)23-34(25)51-20-15-28(16-21-51)50(2)19-14-26-6-8-27(9-7-26)29-10-13-36(52)48-40(29)53/h6-9,11-12,17-18,22-24,28-29H,10,13-16,19-21H2,1-5H3,(H,48,52,53)(H2,45,46,47,49). The van der Waals surface area contributed by atoms with Gasteiger partial charge in [-0.05, 0) is 104 Å². The first kappa shape index (κ1) is 39.3. The van der Waals surface area contributed by atoms with Crippen LogP contribution in [0.3, 0.4) is 0 Å². The van der Waals surface area contributed by atoms with Crippen molar-refractivity contribution in [3.8, 4) is 5.75 Å². The maximum atomic E-state index is 13.5. The van der Waals surface area contributed by atoms with Crippen LogP contribution in [0.2, 0.25) is 0 Å². The molecule has 7 rings (SSSR count). The largest absolute Gasteiger partial charge is 0.494 e. The van der Waals surface area contributed by atoms with Gasteiger partial charge >= 0.3 is 0 Å². The van der Waals surface area contributed by atoms with Crippen LogP contribution in [0.15, 0.2) is 71.6 Å². The van der Waals surface area contributed by atoms with E-state index in [0.29, 0.717) is 62.9 Å². The number of ether oxygens (including phenoxy) is 1. The summed E-state index contributed by atoms with van der Waals surface area (Å²) in [5.41, 5.74) is 7.11. The lowest BCUT2D eigenvalue weighted by molar-refractivity contribution is -0.134. The Balaban J connectivity index is 0.977. The van der Waals surface area contributed by atoms with Crippen LogP contribution in [0, 0.1) is 6.92 Å². The van der Waals surface area contributed by atoms with Crippen molar-refractivity contribution in [1.29, 1.82) is 0 Å². The second-order valence-electron chi connectivity index (χ2n) is 14.9. The molecule has 2 aliphatic heterocycles. The summed E-state index contributed by atoms with van der Waals surface area (Å²) in [4.78, 5) is 46.9. The van der Waals surface area contributed by atoms with E-state index in [0.717, 1.165) is 61.4 Å². The zero-order valence-corrected chi connectivity index (χ0v) is 34.8. The molecule has 13 nitrogen and oxygen atoms in total. The fraction of sp³-hybridized carbons (Fsp3) is 0.366. The zero-order chi connectivity index (χ0) is 39.6. The first-order valence-corrected chi connectivity index (χ1v) is 22.2. The molecule has 2 aromatic heterocycles. The maximum absolute atomic E-state index is 13.5. The third-order valence-electron chi connectivity index (χ3n) is 10.7. The molecule has 0 bridgehead atoms. The van der Waals surface area contributed by atoms with Gasteiger partial charge in [0.25, 0.3) is 0 Å². The Kier molecular flexibility index (Phi) is 11.7. The molecule has 56 heavy (non-hydrogen) atoms. The van der Waals surface area contributed by atoms with Crippen LogP contribution in [0.25, 0.3) is 11.0 Å². The number of anilines is 5. The number of carbonyl (C=O) groups is 2. The molecule has 0 spiro atoms. The molecule has 0 saturated carbocycles. The molecule has 292 valence electrons. The van der Waals surface area contributed by atoms with Crippen LogP contribution in [0.1, 0.15) is 48.3 Å². The third-order valence-corrected chi connectivity index (χ3v) is 12.8. The number of nitrogens with zero attached hydrogens (tertiary/aromatic N) is 6. The number of rotatable bonds is 12. The molecular formula is C41H47BrN9O4P. The van der Waals surface area contributed by atoms with E-state index < -0.39 is 7.14 Å². The molecule has 3 N–H and O–H groups in total. The number of carbonyl (C=O) groups excluding carboxylic acids is 2. The summed E-state index contributed by atoms with van der Waals surface area (Å²) in [6.45, 7) is 8.36. The van der Waals surface area contributed by atoms with Crippen molar-refractivity contribution >= 4 is 80.1 Å². The van der Waals surface area contributed by atoms with Crippen molar-refractivity contribution < 1.29 is 18.9 Å². The number of hydrogen-bond donors (Lipinski definition) is 3. The normalized spacial score (nSPS) is 16.6. The molecule has 4 heterocycles. The zero-order valence-electron chi connectivity index (χ0n) is 32.3. The molecule has 2 fully saturated rings. The number of fused-ring (bicyclic) bond motifs is 1.